The highest BCUT2D eigenvalue weighted by Crippen LogP contribution is 2.39. The summed E-state index contributed by atoms with van der Waals surface area (Å²) in [4.78, 5) is 0. The highest BCUT2D eigenvalue weighted by atomic mass is 16.5. The van der Waals surface area contributed by atoms with Gasteiger partial charge in [-0.15, -0.1) is 13.2 Å². The molecule has 2 nitrogen and oxygen atoms in total. The van der Waals surface area contributed by atoms with Crippen molar-refractivity contribution in [2.75, 3.05) is 13.2 Å². The molecule has 2 atom stereocenters. The topological polar surface area (TPSA) is 29.5 Å². The lowest BCUT2D eigenvalue weighted by Gasteiger charge is -2.39. The molecule has 17 heavy (non-hydrogen) atoms. The van der Waals surface area contributed by atoms with Crippen molar-refractivity contribution >= 4 is 0 Å². The highest BCUT2D eigenvalue weighted by molar-refractivity contribution is 5.18. The summed E-state index contributed by atoms with van der Waals surface area (Å²) in [5, 5.41) is 10.6. The van der Waals surface area contributed by atoms with Crippen molar-refractivity contribution in [3.05, 3.63) is 37.0 Å². The first-order valence-corrected chi connectivity index (χ1v) is 6.37. The van der Waals surface area contributed by atoms with E-state index in [0.717, 1.165) is 19.3 Å². The molecule has 0 amide bonds. The molecule has 0 bridgehead atoms. The summed E-state index contributed by atoms with van der Waals surface area (Å²) in [6.45, 7) is 10.5. The molecule has 1 fully saturated rings. The molecule has 0 radical (unpaired) electrons. The first-order chi connectivity index (χ1) is 8.18. The molecule has 1 N–H and O–H groups in total. The van der Waals surface area contributed by atoms with E-state index in [1.54, 1.807) is 12.2 Å². The minimum Gasteiger partial charge on any atom is -0.385 e. The summed E-state index contributed by atoms with van der Waals surface area (Å²) in [7, 11) is 0. The predicted octanol–water partition coefficient (Wildman–Crippen LogP) is 3.24. The molecule has 2 unspecified atom stereocenters. The van der Waals surface area contributed by atoms with E-state index in [4.69, 9.17) is 4.74 Å². The van der Waals surface area contributed by atoms with Crippen LogP contribution in [0.5, 0.6) is 0 Å². The van der Waals surface area contributed by atoms with Crippen LogP contribution in [0.25, 0.3) is 0 Å². The van der Waals surface area contributed by atoms with Crippen molar-refractivity contribution in [3.8, 4) is 0 Å². The summed E-state index contributed by atoms with van der Waals surface area (Å²) in [5.41, 5.74) is 0.423. The van der Waals surface area contributed by atoms with Gasteiger partial charge in [-0.25, -0.2) is 0 Å². The normalized spacial score (nSPS) is 30.0. The molecule has 1 aliphatic rings. The molecule has 0 aliphatic heterocycles. The zero-order valence-corrected chi connectivity index (χ0v) is 10.8. The van der Waals surface area contributed by atoms with Gasteiger partial charge in [-0.05, 0) is 25.3 Å². The van der Waals surface area contributed by atoms with Gasteiger partial charge >= 0.3 is 0 Å². The van der Waals surface area contributed by atoms with Crippen LogP contribution in [0.3, 0.4) is 0 Å². The third-order valence-corrected chi connectivity index (χ3v) is 3.60. The van der Waals surface area contributed by atoms with Gasteiger partial charge in [0.05, 0.1) is 18.8 Å². The Morgan fingerprint density at radius 3 is 2.82 bits per heavy atom. The smallest absolute Gasteiger partial charge is 0.0890 e. The molecule has 1 aliphatic carbocycles. The van der Waals surface area contributed by atoms with Crippen LogP contribution in [0.1, 0.15) is 32.6 Å². The second kappa shape index (κ2) is 6.77. The van der Waals surface area contributed by atoms with Gasteiger partial charge in [0, 0.05) is 5.92 Å². The number of rotatable bonds is 6. The van der Waals surface area contributed by atoms with Gasteiger partial charge in [0.15, 0.2) is 0 Å². The Balaban J connectivity index is 2.71. The Morgan fingerprint density at radius 2 is 2.24 bits per heavy atom. The number of hydrogen-bond donors (Lipinski definition) is 1. The quantitative estimate of drug-likeness (QED) is 0.566. The van der Waals surface area contributed by atoms with Crippen LogP contribution in [0.4, 0.5) is 0 Å². The van der Waals surface area contributed by atoms with Gasteiger partial charge in [0.25, 0.3) is 0 Å². The van der Waals surface area contributed by atoms with E-state index < -0.39 is 5.60 Å². The Kier molecular flexibility index (Phi) is 5.66. The lowest BCUT2D eigenvalue weighted by atomic mass is 9.72. The Hall–Kier alpha value is -0.860. The van der Waals surface area contributed by atoms with E-state index in [2.05, 4.69) is 19.2 Å². The standard InChI is InChI=1S/C15H24O2/c1-4-11-17-12-13(5-2)14-9-7-8-10-15(14,16)6-3/h4-6,14,16H,1,3,7-12H2,2H3/b13-5+. The lowest BCUT2D eigenvalue weighted by Crippen LogP contribution is -2.40. The Labute approximate surface area is 105 Å². The third kappa shape index (κ3) is 3.55. The van der Waals surface area contributed by atoms with E-state index in [9.17, 15) is 5.11 Å². The zero-order valence-electron chi connectivity index (χ0n) is 10.8. The number of allylic oxidation sites excluding steroid dienone is 1. The van der Waals surface area contributed by atoms with Crippen molar-refractivity contribution in [2.45, 2.75) is 38.2 Å². The minimum atomic E-state index is -0.752. The number of ether oxygens (including phenoxy) is 1. The van der Waals surface area contributed by atoms with Crippen LogP contribution in [-0.4, -0.2) is 23.9 Å². The summed E-state index contributed by atoms with van der Waals surface area (Å²) < 4.78 is 5.50. The van der Waals surface area contributed by atoms with Crippen LogP contribution >= 0.6 is 0 Å². The predicted molar refractivity (Wildman–Crippen MR) is 71.9 cm³/mol. The van der Waals surface area contributed by atoms with Crippen LogP contribution < -0.4 is 0 Å². The minimum absolute atomic E-state index is 0.156. The van der Waals surface area contributed by atoms with Gasteiger partial charge in [-0.2, -0.15) is 0 Å². The fraction of sp³-hybridized carbons (Fsp3) is 0.600. The van der Waals surface area contributed by atoms with Crippen molar-refractivity contribution < 1.29 is 9.84 Å². The first kappa shape index (κ1) is 14.2. The first-order valence-electron chi connectivity index (χ1n) is 6.37. The third-order valence-electron chi connectivity index (χ3n) is 3.60. The molecule has 2 heteroatoms. The second-order valence-electron chi connectivity index (χ2n) is 4.66. The van der Waals surface area contributed by atoms with Crippen molar-refractivity contribution in [1.29, 1.82) is 0 Å². The van der Waals surface area contributed by atoms with Crippen molar-refractivity contribution in [3.63, 3.8) is 0 Å². The van der Waals surface area contributed by atoms with Gasteiger partial charge in [0.2, 0.25) is 0 Å². The molecule has 0 heterocycles. The van der Waals surface area contributed by atoms with E-state index in [1.165, 1.54) is 12.0 Å². The summed E-state index contributed by atoms with van der Waals surface area (Å²) in [5.74, 6) is 0.156. The fourth-order valence-electron chi connectivity index (χ4n) is 2.58. The fourth-order valence-corrected chi connectivity index (χ4v) is 2.58. The van der Waals surface area contributed by atoms with Gasteiger partial charge < -0.3 is 9.84 Å². The molecule has 0 aromatic heterocycles. The molecule has 1 saturated carbocycles. The second-order valence-corrected chi connectivity index (χ2v) is 4.66. The van der Waals surface area contributed by atoms with Crippen LogP contribution in [0, 0.1) is 5.92 Å². The largest absolute Gasteiger partial charge is 0.385 e. The summed E-state index contributed by atoms with van der Waals surface area (Å²) in [6.07, 6.45) is 9.57. The summed E-state index contributed by atoms with van der Waals surface area (Å²) in [6, 6.07) is 0. The van der Waals surface area contributed by atoms with Gasteiger partial charge in [-0.1, -0.05) is 31.1 Å². The average Bonchev–Trinajstić information content (AvgIpc) is 2.36. The lowest BCUT2D eigenvalue weighted by molar-refractivity contribution is 0.00492. The molecule has 96 valence electrons. The number of hydrogen-bond acceptors (Lipinski definition) is 2. The van der Waals surface area contributed by atoms with E-state index in [0.29, 0.717) is 13.2 Å². The van der Waals surface area contributed by atoms with Crippen LogP contribution in [0.2, 0.25) is 0 Å². The maximum atomic E-state index is 10.6. The molecule has 0 saturated heterocycles. The molecular weight excluding hydrogens is 212 g/mol. The van der Waals surface area contributed by atoms with Gasteiger partial charge in [-0.3, -0.25) is 0 Å². The van der Waals surface area contributed by atoms with Gasteiger partial charge in [0.1, 0.15) is 0 Å². The number of aliphatic hydroxyl groups is 1. The van der Waals surface area contributed by atoms with Crippen LogP contribution in [-0.2, 0) is 4.74 Å². The van der Waals surface area contributed by atoms with Crippen LogP contribution in [0.15, 0.2) is 37.0 Å². The monoisotopic (exact) mass is 236 g/mol. The molecular formula is C15H24O2. The molecule has 1 rings (SSSR count). The Morgan fingerprint density at radius 1 is 1.47 bits per heavy atom. The summed E-state index contributed by atoms with van der Waals surface area (Å²) >= 11 is 0. The maximum Gasteiger partial charge on any atom is 0.0890 e. The average molecular weight is 236 g/mol. The molecule has 0 aromatic rings. The Bertz CT molecular complexity index is 293. The van der Waals surface area contributed by atoms with E-state index >= 15 is 0 Å². The van der Waals surface area contributed by atoms with Crippen molar-refractivity contribution in [1.82, 2.24) is 0 Å². The highest BCUT2D eigenvalue weighted by Gasteiger charge is 2.37. The molecule has 0 spiro atoms. The zero-order chi connectivity index (χ0) is 12.7. The van der Waals surface area contributed by atoms with Crippen molar-refractivity contribution in [2.24, 2.45) is 5.92 Å². The molecule has 0 aromatic carbocycles. The van der Waals surface area contributed by atoms with E-state index in [-0.39, 0.29) is 5.92 Å². The SMILES string of the molecule is C=CCOC/C(=C\C)C1CCCCC1(O)C=C. The maximum absolute atomic E-state index is 10.6. The van der Waals surface area contributed by atoms with E-state index in [1.807, 2.05) is 6.92 Å².